The quantitative estimate of drug-likeness (QED) is 0.602. The van der Waals surface area contributed by atoms with Gasteiger partial charge in [-0.1, -0.05) is 11.2 Å². The van der Waals surface area contributed by atoms with E-state index < -0.39 is 10.0 Å². The summed E-state index contributed by atoms with van der Waals surface area (Å²) in [6.45, 7) is 0.567. The van der Waals surface area contributed by atoms with E-state index in [0.29, 0.717) is 36.0 Å². The molecule has 30 heavy (non-hydrogen) atoms. The van der Waals surface area contributed by atoms with Crippen LogP contribution >= 0.6 is 0 Å². The molecule has 1 fully saturated rings. The van der Waals surface area contributed by atoms with Crippen molar-refractivity contribution in [1.82, 2.24) is 19.4 Å². The second-order valence-electron chi connectivity index (χ2n) is 7.99. The molecule has 0 saturated carbocycles. The van der Waals surface area contributed by atoms with Crippen molar-refractivity contribution >= 4 is 10.0 Å². The fourth-order valence-corrected chi connectivity index (χ4v) is 6.29. The first-order valence-corrected chi connectivity index (χ1v) is 11.9. The Hall–Kier alpha value is -2.58. The highest BCUT2D eigenvalue weighted by Crippen LogP contribution is 2.31. The van der Waals surface area contributed by atoms with Gasteiger partial charge in [0.25, 0.3) is 5.89 Å². The van der Waals surface area contributed by atoms with Gasteiger partial charge >= 0.3 is 0 Å². The van der Waals surface area contributed by atoms with Gasteiger partial charge in [0.15, 0.2) is 5.82 Å². The maximum atomic E-state index is 13.3. The second-order valence-corrected chi connectivity index (χ2v) is 9.88. The molecule has 7 nitrogen and oxygen atoms in total. The molecule has 0 N–H and O–H groups in total. The van der Waals surface area contributed by atoms with Gasteiger partial charge in [-0.25, -0.2) is 8.42 Å². The summed E-state index contributed by atoms with van der Waals surface area (Å²) in [6.07, 6.45) is 9.49. The standard InChI is InChI=1S/C22H24N4O3S/c27-30(28,20-10-8-16-4-1-5-17(16)14-20)26-13-3-7-19(26)9-11-21-24-22(29-25-21)18-6-2-12-23-15-18/h2,6,8,10,12,14-15,19H,1,3-5,7,9,11,13H2. The molecule has 1 unspecified atom stereocenters. The van der Waals surface area contributed by atoms with Crippen LogP contribution in [0.15, 0.2) is 52.1 Å². The van der Waals surface area contributed by atoms with Crippen LogP contribution in [0, 0.1) is 0 Å². The Morgan fingerprint density at radius 3 is 2.90 bits per heavy atom. The van der Waals surface area contributed by atoms with Crippen molar-refractivity contribution in [3.63, 3.8) is 0 Å². The molecule has 3 heterocycles. The summed E-state index contributed by atoms with van der Waals surface area (Å²) in [7, 11) is -3.49. The molecule has 1 saturated heterocycles. The van der Waals surface area contributed by atoms with Crippen LogP contribution in [0.2, 0.25) is 0 Å². The highest BCUT2D eigenvalue weighted by atomic mass is 32.2. The number of hydrogen-bond donors (Lipinski definition) is 0. The number of aromatic nitrogens is 3. The molecule has 1 aromatic carbocycles. The first-order valence-electron chi connectivity index (χ1n) is 10.5. The van der Waals surface area contributed by atoms with Crippen LogP contribution in [0.1, 0.15) is 42.6 Å². The smallest absolute Gasteiger partial charge is 0.259 e. The number of sulfonamides is 1. The second kappa shape index (κ2) is 7.92. The van der Waals surface area contributed by atoms with Crippen LogP contribution in [0.4, 0.5) is 0 Å². The van der Waals surface area contributed by atoms with E-state index in [0.717, 1.165) is 37.7 Å². The molecule has 0 bridgehead atoms. The lowest BCUT2D eigenvalue weighted by molar-refractivity contribution is 0.364. The summed E-state index contributed by atoms with van der Waals surface area (Å²) in [5, 5.41) is 4.06. The zero-order valence-corrected chi connectivity index (χ0v) is 17.5. The summed E-state index contributed by atoms with van der Waals surface area (Å²) < 4.78 is 33.6. The number of pyridine rings is 1. The van der Waals surface area contributed by atoms with E-state index in [9.17, 15) is 8.42 Å². The summed E-state index contributed by atoms with van der Waals surface area (Å²) in [4.78, 5) is 8.93. The molecule has 156 valence electrons. The van der Waals surface area contributed by atoms with E-state index in [1.807, 2.05) is 24.3 Å². The summed E-state index contributed by atoms with van der Waals surface area (Å²) in [5.74, 6) is 1.03. The van der Waals surface area contributed by atoms with Crippen LogP contribution in [-0.2, 0) is 29.3 Å². The molecule has 8 heteroatoms. The third-order valence-corrected chi connectivity index (χ3v) is 8.03. The summed E-state index contributed by atoms with van der Waals surface area (Å²) in [6, 6.07) is 9.29. The molecule has 0 radical (unpaired) electrons. The predicted molar refractivity (Wildman–Crippen MR) is 111 cm³/mol. The molecule has 1 aliphatic carbocycles. The van der Waals surface area contributed by atoms with Crippen molar-refractivity contribution in [3.05, 3.63) is 59.7 Å². The molecular weight excluding hydrogens is 400 g/mol. The Labute approximate surface area is 176 Å². The average Bonchev–Trinajstić information content (AvgIpc) is 3.52. The number of hydrogen-bond acceptors (Lipinski definition) is 6. The SMILES string of the molecule is O=S(=O)(c1ccc2c(c1)CCC2)N1CCCC1CCc1noc(-c2cccnc2)n1. The number of nitrogens with zero attached hydrogens (tertiary/aromatic N) is 4. The van der Waals surface area contributed by atoms with Gasteiger partial charge < -0.3 is 4.52 Å². The maximum absolute atomic E-state index is 13.3. The number of rotatable bonds is 6. The Kier molecular flexibility index (Phi) is 5.12. The Morgan fingerprint density at radius 1 is 1.13 bits per heavy atom. The number of fused-ring (bicyclic) bond motifs is 1. The lowest BCUT2D eigenvalue weighted by atomic mass is 10.1. The van der Waals surface area contributed by atoms with Crippen molar-refractivity contribution in [3.8, 4) is 11.5 Å². The van der Waals surface area contributed by atoms with Crippen LogP contribution in [-0.4, -0.2) is 40.4 Å². The molecule has 0 spiro atoms. The first-order chi connectivity index (χ1) is 14.6. The van der Waals surface area contributed by atoms with E-state index >= 15 is 0 Å². The van der Waals surface area contributed by atoms with Crippen molar-refractivity contribution in [2.24, 2.45) is 0 Å². The van der Waals surface area contributed by atoms with Crippen molar-refractivity contribution < 1.29 is 12.9 Å². The van der Waals surface area contributed by atoms with Gasteiger partial charge in [-0.05, 0) is 73.9 Å². The van der Waals surface area contributed by atoms with E-state index in [1.54, 1.807) is 22.8 Å². The first kappa shape index (κ1) is 19.4. The summed E-state index contributed by atoms with van der Waals surface area (Å²) in [5.41, 5.74) is 3.24. The van der Waals surface area contributed by atoms with E-state index in [-0.39, 0.29) is 6.04 Å². The molecule has 1 aliphatic heterocycles. The Balaban J connectivity index is 1.29. The van der Waals surface area contributed by atoms with Gasteiger partial charge in [0.1, 0.15) is 0 Å². The van der Waals surface area contributed by atoms with Gasteiger partial charge in [-0.2, -0.15) is 9.29 Å². The lowest BCUT2D eigenvalue weighted by Gasteiger charge is -2.24. The van der Waals surface area contributed by atoms with E-state index in [4.69, 9.17) is 4.52 Å². The molecule has 2 aromatic heterocycles. The minimum Gasteiger partial charge on any atom is -0.334 e. The van der Waals surface area contributed by atoms with Gasteiger partial charge in [-0.3, -0.25) is 4.98 Å². The van der Waals surface area contributed by atoms with Gasteiger partial charge in [-0.15, -0.1) is 0 Å². The Morgan fingerprint density at radius 2 is 2.03 bits per heavy atom. The normalized spacial score (nSPS) is 19.3. The molecule has 1 atom stereocenters. The zero-order chi connectivity index (χ0) is 20.6. The summed E-state index contributed by atoms with van der Waals surface area (Å²) >= 11 is 0. The van der Waals surface area contributed by atoms with Gasteiger partial charge in [0.05, 0.1) is 10.5 Å². The van der Waals surface area contributed by atoms with Crippen LogP contribution in [0.5, 0.6) is 0 Å². The fraction of sp³-hybridized carbons (Fsp3) is 0.409. The van der Waals surface area contributed by atoms with Crippen LogP contribution in [0.25, 0.3) is 11.5 Å². The van der Waals surface area contributed by atoms with Crippen LogP contribution < -0.4 is 0 Å². The highest BCUT2D eigenvalue weighted by molar-refractivity contribution is 7.89. The minimum absolute atomic E-state index is 0.0383. The molecule has 5 rings (SSSR count). The maximum Gasteiger partial charge on any atom is 0.259 e. The molecular formula is C22H24N4O3S. The monoisotopic (exact) mass is 424 g/mol. The fourth-order valence-electron chi connectivity index (χ4n) is 4.52. The van der Waals surface area contributed by atoms with E-state index in [1.165, 1.54) is 11.1 Å². The van der Waals surface area contributed by atoms with Crippen molar-refractivity contribution in [1.29, 1.82) is 0 Å². The van der Waals surface area contributed by atoms with E-state index in [2.05, 4.69) is 15.1 Å². The van der Waals surface area contributed by atoms with Gasteiger partial charge in [0, 0.05) is 31.4 Å². The lowest BCUT2D eigenvalue weighted by Crippen LogP contribution is -2.36. The van der Waals surface area contributed by atoms with Crippen molar-refractivity contribution in [2.45, 2.75) is 55.9 Å². The molecule has 0 amide bonds. The minimum atomic E-state index is -3.49. The number of benzene rings is 1. The van der Waals surface area contributed by atoms with Gasteiger partial charge in [0.2, 0.25) is 10.0 Å². The number of aryl methyl sites for hydroxylation is 3. The zero-order valence-electron chi connectivity index (χ0n) is 16.7. The predicted octanol–water partition coefficient (Wildman–Crippen LogP) is 3.41. The molecule has 2 aliphatic rings. The largest absolute Gasteiger partial charge is 0.334 e. The van der Waals surface area contributed by atoms with Crippen molar-refractivity contribution in [2.75, 3.05) is 6.54 Å². The topological polar surface area (TPSA) is 89.2 Å². The average molecular weight is 425 g/mol. The van der Waals surface area contributed by atoms with Crippen LogP contribution in [0.3, 0.4) is 0 Å². The Bertz CT molecular complexity index is 1140. The highest BCUT2D eigenvalue weighted by Gasteiger charge is 2.35. The molecule has 3 aromatic rings. The third-order valence-electron chi connectivity index (χ3n) is 6.08. The third kappa shape index (κ3) is 3.65.